The van der Waals surface area contributed by atoms with Crippen molar-refractivity contribution in [3.8, 4) is 0 Å². The quantitative estimate of drug-likeness (QED) is 0.387. The van der Waals surface area contributed by atoms with Gasteiger partial charge in [0.25, 0.3) is 0 Å². The number of likely N-dealkylation sites (tertiary alicyclic amines) is 1. The van der Waals surface area contributed by atoms with Crippen LogP contribution in [-0.4, -0.2) is 72.5 Å². The smallest absolute Gasteiger partial charge is 0.194 e. The van der Waals surface area contributed by atoms with Crippen LogP contribution in [0.2, 0.25) is 0 Å². The van der Waals surface area contributed by atoms with Crippen LogP contribution < -0.4 is 5.32 Å². The lowest BCUT2D eigenvalue weighted by Gasteiger charge is -2.33. The van der Waals surface area contributed by atoms with Gasteiger partial charge in [0.2, 0.25) is 0 Å². The Hall–Kier alpha value is 0.270. The molecule has 1 atom stereocenters. The number of guanidine groups is 1. The van der Waals surface area contributed by atoms with Gasteiger partial charge < -0.3 is 20.1 Å². The van der Waals surface area contributed by atoms with Crippen LogP contribution in [0.1, 0.15) is 32.6 Å². The molecule has 0 amide bonds. The van der Waals surface area contributed by atoms with Gasteiger partial charge in [-0.05, 0) is 43.8 Å². The third-order valence-corrected chi connectivity index (χ3v) is 6.47. The van der Waals surface area contributed by atoms with Crippen molar-refractivity contribution < 1.29 is 9.84 Å². The van der Waals surface area contributed by atoms with E-state index in [0.717, 1.165) is 56.7 Å². The molecule has 0 aromatic carbocycles. The highest BCUT2D eigenvalue weighted by molar-refractivity contribution is 14.0. The molecule has 5 nitrogen and oxygen atoms in total. The summed E-state index contributed by atoms with van der Waals surface area (Å²) in [7, 11) is 0. The minimum Gasteiger partial charge on any atom is -0.387 e. The summed E-state index contributed by atoms with van der Waals surface area (Å²) in [6.45, 7) is 7.45. The standard InChI is InChI=1S/C16H29N3O2S.HI/c1-2-17-14(18-11-16(20)6-10-22-13-16)19-7-3-15(12-19)4-8-21-9-5-15;/h20H,2-13H2,1H3,(H,17,18);1H. The van der Waals surface area contributed by atoms with Gasteiger partial charge >= 0.3 is 0 Å². The Kier molecular flexibility index (Phi) is 7.31. The first-order valence-corrected chi connectivity index (χ1v) is 9.71. The van der Waals surface area contributed by atoms with Crippen molar-refractivity contribution in [2.45, 2.75) is 38.2 Å². The summed E-state index contributed by atoms with van der Waals surface area (Å²) < 4.78 is 5.53. The SMILES string of the molecule is CCNC(=NCC1(O)CCSC1)N1CCC2(CCOCC2)C1.I. The Morgan fingerprint density at radius 3 is 2.74 bits per heavy atom. The van der Waals surface area contributed by atoms with Gasteiger partial charge in [0.05, 0.1) is 12.1 Å². The zero-order valence-corrected chi connectivity index (χ0v) is 17.2. The predicted octanol–water partition coefficient (Wildman–Crippen LogP) is 1.94. The molecule has 2 N–H and O–H groups in total. The van der Waals surface area contributed by atoms with Gasteiger partial charge in [-0.1, -0.05) is 0 Å². The average molecular weight is 455 g/mol. The van der Waals surface area contributed by atoms with E-state index in [9.17, 15) is 5.11 Å². The first-order valence-electron chi connectivity index (χ1n) is 8.56. The minimum absolute atomic E-state index is 0. The second-order valence-electron chi connectivity index (χ2n) is 6.98. The second kappa shape index (κ2) is 8.58. The number of aliphatic hydroxyl groups is 1. The molecule has 0 saturated carbocycles. The fraction of sp³-hybridized carbons (Fsp3) is 0.938. The van der Waals surface area contributed by atoms with Crippen LogP contribution in [0.5, 0.6) is 0 Å². The van der Waals surface area contributed by atoms with Gasteiger partial charge in [0.1, 0.15) is 0 Å². The van der Waals surface area contributed by atoms with Crippen molar-refractivity contribution in [3.05, 3.63) is 0 Å². The second-order valence-corrected chi connectivity index (χ2v) is 8.09. The molecule has 23 heavy (non-hydrogen) atoms. The molecule has 0 aromatic rings. The molecule has 1 spiro atoms. The number of nitrogens with one attached hydrogen (secondary N) is 1. The number of hydrogen-bond acceptors (Lipinski definition) is 4. The number of thioether (sulfide) groups is 1. The summed E-state index contributed by atoms with van der Waals surface area (Å²) in [6.07, 6.45) is 4.44. The van der Waals surface area contributed by atoms with E-state index in [1.165, 1.54) is 19.3 Å². The molecule has 0 radical (unpaired) electrons. The maximum Gasteiger partial charge on any atom is 0.194 e. The number of hydrogen-bond donors (Lipinski definition) is 2. The van der Waals surface area contributed by atoms with Gasteiger partial charge in [-0.25, -0.2) is 0 Å². The molecule has 0 aromatic heterocycles. The molecule has 134 valence electrons. The highest BCUT2D eigenvalue weighted by Crippen LogP contribution is 2.39. The predicted molar refractivity (Wildman–Crippen MR) is 107 cm³/mol. The Balaban J connectivity index is 0.00000192. The van der Waals surface area contributed by atoms with Crippen molar-refractivity contribution in [2.24, 2.45) is 10.4 Å². The summed E-state index contributed by atoms with van der Waals surface area (Å²) >= 11 is 1.83. The van der Waals surface area contributed by atoms with Crippen LogP contribution in [0, 0.1) is 5.41 Å². The molecule has 0 aliphatic carbocycles. The van der Waals surface area contributed by atoms with Crippen LogP contribution in [0.3, 0.4) is 0 Å². The summed E-state index contributed by atoms with van der Waals surface area (Å²) in [5, 5.41) is 13.9. The van der Waals surface area contributed by atoms with Gasteiger partial charge in [-0.3, -0.25) is 4.99 Å². The van der Waals surface area contributed by atoms with Crippen LogP contribution in [0.15, 0.2) is 4.99 Å². The van der Waals surface area contributed by atoms with E-state index in [0.29, 0.717) is 12.0 Å². The largest absolute Gasteiger partial charge is 0.387 e. The van der Waals surface area contributed by atoms with E-state index in [2.05, 4.69) is 17.1 Å². The third kappa shape index (κ3) is 4.89. The highest BCUT2D eigenvalue weighted by atomic mass is 127. The zero-order chi connectivity index (χ0) is 15.5. The van der Waals surface area contributed by atoms with Gasteiger partial charge in [0.15, 0.2) is 5.96 Å². The van der Waals surface area contributed by atoms with Crippen molar-refractivity contribution >= 4 is 41.7 Å². The van der Waals surface area contributed by atoms with Crippen LogP contribution in [0.4, 0.5) is 0 Å². The van der Waals surface area contributed by atoms with Crippen LogP contribution in [0.25, 0.3) is 0 Å². The summed E-state index contributed by atoms with van der Waals surface area (Å²) in [4.78, 5) is 7.15. The lowest BCUT2D eigenvalue weighted by molar-refractivity contribution is 0.0217. The van der Waals surface area contributed by atoms with Gasteiger partial charge in [-0.15, -0.1) is 24.0 Å². The molecule has 3 fully saturated rings. The number of ether oxygens (including phenoxy) is 1. The summed E-state index contributed by atoms with van der Waals surface area (Å²) in [6, 6.07) is 0. The van der Waals surface area contributed by atoms with E-state index < -0.39 is 5.60 Å². The Bertz CT molecular complexity index is 410. The Morgan fingerprint density at radius 1 is 1.30 bits per heavy atom. The Labute approximate surface area is 161 Å². The van der Waals surface area contributed by atoms with Crippen molar-refractivity contribution in [1.82, 2.24) is 10.2 Å². The number of nitrogens with zero attached hydrogens (tertiary/aromatic N) is 2. The number of halogens is 1. The molecule has 3 aliphatic heterocycles. The van der Waals surface area contributed by atoms with Crippen LogP contribution in [-0.2, 0) is 4.74 Å². The monoisotopic (exact) mass is 455 g/mol. The number of rotatable bonds is 3. The Morgan fingerprint density at radius 2 is 2.09 bits per heavy atom. The molecule has 7 heteroatoms. The van der Waals surface area contributed by atoms with Crippen molar-refractivity contribution in [1.29, 1.82) is 0 Å². The highest BCUT2D eigenvalue weighted by Gasteiger charge is 2.40. The fourth-order valence-electron chi connectivity index (χ4n) is 3.70. The van der Waals surface area contributed by atoms with E-state index in [4.69, 9.17) is 9.73 Å². The topological polar surface area (TPSA) is 57.1 Å². The molecule has 3 saturated heterocycles. The lowest BCUT2D eigenvalue weighted by Crippen LogP contribution is -2.43. The van der Waals surface area contributed by atoms with E-state index in [1.54, 1.807) is 0 Å². The number of aliphatic imine (C=N–C) groups is 1. The molecular weight excluding hydrogens is 425 g/mol. The first-order chi connectivity index (χ1) is 10.6. The molecular formula is C16H30IN3O2S. The van der Waals surface area contributed by atoms with Gasteiger partial charge in [0, 0.05) is 38.6 Å². The molecule has 0 bridgehead atoms. The van der Waals surface area contributed by atoms with E-state index in [-0.39, 0.29) is 24.0 Å². The first kappa shape index (κ1) is 19.6. The average Bonchev–Trinajstić information content (AvgIpc) is 3.12. The molecule has 3 rings (SSSR count). The molecule has 1 unspecified atom stereocenters. The zero-order valence-electron chi connectivity index (χ0n) is 14.1. The van der Waals surface area contributed by atoms with Gasteiger partial charge in [-0.2, -0.15) is 11.8 Å². The third-order valence-electron chi connectivity index (χ3n) is 5.23. The molecule has 3 heterocycles. The normalized spacial score (nSPS) is 30.5. The van der Waals surface area contributed by atoms with Crippen LogP contribution >= 0.6 is 35.7 Å². The maximum atomic E-state index is 10.5. The van der Waals surface area contributed by atoms with Crippen molar-refractivity contribution in [3.63, 3.8) is 0 Å². The van der Waals surface area contributed by atoms with Crippen molar-refractivity contribution in [2.75, 3.05) is 50.9 Å². The fourth-order valence-corrected chi connectivity index (χ4v) is 4.98. The molecule has 3 aliphatic rings. The minimum atomic E-state index is -0.596. The summed E-state index contributed by atoms with van der Waals surface area (Å²) in [5.41, 5.74) is -0.171. The van der Waals surface area contributed by atoms with E-state index >= 15 is 0 Å². The summed E-state index contributed by atoms with van der Waals surface area (Å²) in [5.74, 6) is 2.85. The lowest BCUT2D eigenvalue weighted by atomic mass is 9.80. The maximum absolute atomic E-state index is 10.5. The van der Waals surface area contributed by atoms with E-state index in [1.807, 2.05) is 11.8 Å².